The minimum Gasteiger partial charge on any atom is -0.398 e. The Morgan fingerprint density at radius 2 is 2.18 bits per heavy atom. The smallest absolute Gasteiger partial charge is 0.101 e. The zero-order valence-electron chi connectivity index (χ0n) is 9.78. The van der Waals surface area contributed by atoms with Crippen molar-refractivity contribution in [1.82, 2.24) is 0 Å². The van der Waals surface area contributed by atoms with Crippen molar-refractivity contribution in [2.24, 2.45) is 5.92 Å². The summed E-state index contributed by atoms with van der Waals surface area (Å²) in [4.78, 5) is 0. The first-order chi connectivity index (χ1) is 8.29. The summed E-state index contributed by atoms with van der Waals surface area (Å²) in [6, 6.07) is 7.66. The molecule has 0 saturated carbocycles. The molecule has 3 N–H and O–H groups in total. The van der Waals surface area contributed by atoms with Gasteiger partial charge < -0.3 is 11.1 Å². The number of nitrogens with one attached hydrogen (secondary N) is 1. The first-order valence-corrected chi connectivity index (χ1v) is 7.06. The number of hydrogen-bond donors (Lipinski definition) is 2. The highest BCUT2D eigenvalue weighted by atomic mass is 32.2. The van der Waals surface area contributed by atoms with Gasteiger partial charge in [-0.15, -0.1) is 0 Å². The maximum atomic E-state index is 8.90. The Hall–Kier alpha value is -1.34. The average Bonchev–Trinajstić information content (AvgIpc) is 2.39. The van der Waals surface area contributed by atoms with E-state index in [1.165, 1.54) is 24.3 Å². The Kier molecular flexibility index (Phi) is 4.16. The topological polar surface area (TPSA) is 61.8 Å². The molecule has 90 valence electrons. The van der Waals surface area contributed by atoms with E-state index in [0.29, 0.717) is 11.3 Å². The number of nitrogens with two attached hydrogens (primary N) is 1. The van der Waals surface area contributed by atoms with Crippen LogP contribution in [-0.2, 0) is 0 Å². The minimum absolute atomic E-state index is 0.548. The summed E-state index contributed by atoms with van der Waals surface area (Å²) in [6.45, 7) is 0.995. The summed E-state index contributed by atoms with van der Waals surface area (Å²) in [5.74, 6) is 3.31. The first kappa shape index (κ1) is 12.1. The van der Waals surface area contributed by atoms with Gasteiger partial charge in [0.2, 0.25) is 0 Å². The number of nitrogens with zero attached hydrogens (tertiary/aromatic N) is 1. The minimum atomic E-state index is 0.548. The molecule has 0 spiro atoms. The normalized spacial score (nSPS) is 16.4. The lowest BCUT2D eigenvalue weighted by Gasteiger charge is -2.22. The van der Waals surface area contributed by atoms with Crippen LogP contribution in [0.25, 0.3) is 0 Å². The van der Waals surface area contributed by atoms with E-state index in [0.717, 1.165) is 18.2 Å². The highest BCUT2D eigenvalue weighted by Crippen LogP contribution is 2.23. The van der Waals surface area contributed by atoms with Crippen molar-refractivity contribution >= 4 is 23.1 Å². The van der Waals surface area contributed by atoms with Crippen LogP contribution in [0.3, 0.4) is 0 Å². The van der Waals surface area contributed by atoms with Gasteiger partial charge in [0.15, 0.2) is 0 Å². The summed E-state index contributed by atoms with van der Waals surface area (Å²) in [7, 11) is 0. The standard InChI is InChI=1S/C13H17N3S/c14-8-11-7-12(1-2-13(11)15)16-9-10-3-5-17-6-4-10/h1-2,7,10,16H,3-6,9,15H2. The van der Waals surface area contributed by atoms with Gasteiger partial charge in [-0.3, -0.25) is 0 Å². The SMILES string of the molecule is N#Cc1cc(NCC2CCSCC2)ccc1N. The molecule has 4 heteroatoms. The van der Waals surface area contributed by atoms with E-state index in [4.69, 9.17) is 11.0 Å². The molecule has 1 aliphatic rings. The lowest BCUT2D eigenvalue weighted by atomic mass is 10.0. The van der Waals surface area contributed by atoms with Crippen LogP contribution in [0.4, 0.5) is 11.4 Å². The van der Waals surface area contributed by atoms with E-state index in [9.17, 15) is 0 Å². The van der Waals surface area contributed by atoms with Crippen LogP contribution < -0.4 is 11.1 Å². The third kappa shape index (κ3) is 3.31. The maximum Gasteiger partial charge on any atom is 0.101 e. The van der Waals surface area contributed by atoms with Gasteiger partial charge >= 0.3 is 0 Å². The van der Waals surface area contributed by atoms with E-state index in [2.05, 4.69) is 11.4 Å². The number of thioether (sulfide) groups is 1. The Morgan fingerprint density at radius 3 is 2.88 bits per heavy atom. The van der Waals surface area contributed by atoms with Crippen molar-refractivity contribution in [3.8, 4) is 6.07 Å². The van der Waals surface area contributed by atoms with E-state index in [1.54, 1.807) is 6.07 Å². The van der Waals surface area contributed by atoms with Crippen LogP contribution in [0.2, 0.25) is 0 Å². The Bertz CT molecular complexity index is 419. The second-order valence-corrected chi connectivity index (χ2v) is 5.58. The summed E-state index contributed by atoms with van der Waals surface area (Å²) in [5.41, 5.74) is 7.78. The Morgan fingerprint density at radius 1 is 1.41 bits per heavy atom. The molecule has 3 nitrogen and oxygen atoms in total. The second-order valence-electron chi connectivity index (χ2n) is 4.35. The molecule has 1 heterocycles. The molecule has 1 aromatic rings. The Balaban J connectivity index is 1.92. The summed E-state index contributed by atoms with van der Waals surface area (Å²) < 4.78 is 0. The van der Waals surface area contributed by atoms with Crippen molar-refractivity contribution in [3.05, 3.63) is 23.8 Å². The van der Waals surface area contributed by atoms with Gasteiger partial charge in [0.1, 0.15) is 6.07 Å². The van der Waals surface area contributed by atoms with Crippen molar-refractivity contribution in [1.29, 1.82) is 5.26 Å². The summed E-state index contributed by atoms with van der Waals surface area (Å²) in [5, 5.41) is 12.3. The zero-order chi connectivity index (χ0) is 12.1. The first-order valence-electron chi connectivity index (χ1n) is 5.91. The molecule has 17 heavy (non-hydrogen) atoms. The van der Waals surface area contributed by atoms with Crippen molar-refractivity contribution < 1.29 is 0 Å². The lowest BCUT2D eigenvalue weighted by molar-refractivity contribution is 0.516. The highest BCUT2D eigenvalue weighted by Gasteiger charge is 2.13. The van der Waals surface area contributed by atoms with Crippen LogP contribution >= 0.6 is 11.8 Å². The fourth-order valence-corrected chi connectivity index (χ4v) is 3.18. The number of nitriles is 1. The molecule has 0 unspecified atom stereocenters. The molecule has 1 aromatic carbocycles. The van der Waals surface area contributed by atoms with E-state index < -0.39 is 0 Å². The molecule has 0 atom stereocenters. The van der Waals surface area contributed by atoms with Crippen LogP contribution in [-0.4, -0.2) is 18.1 Å². The fraction of sp³-hybridized carbons (Fsp3) is 0.462. The van der Waals surface area contributed by atoms with Crippen molar-refractivity contribution in [2.75, 3.05) is 29.1 Å². The molecule has 0 amide bonds. The molecule has 1 fully saturated rings. The number of benzene rings is 1. The largest absolute Gasteiger partial charge is 0.398 e. The van der Waals surface area contributed by atoms with Crippen LogP contribution in [0.1, 0.15) is 18.4 Å². The van der Waals surface area contributed by atoms with Gasteiger partial charge in [0.05, 0.1) is 5.56 Å². The van der Waals surface area contributed by atoms with Gasteiger partial charge in [-0.1, -0.05) is 0 Å². The third-order valence-electron chi connectivity index (χ3n) is 3.11. The van der Waals surface area contributed by atoms with Gasteiger partial charge in [-0.05, 0) is 48.5 Å². The van der Waals surface area contributed by atoms with Crippen molar-refractivity contribution in [2.45, 2.75) is 12.8 Å². The number of hydrogen-bond acceptors (Lipinski definition) is 4. The monoisotopic (exact) mass is 247 g/mol. The average molecular weight is 247 g/mol. The van der Waals surface area contributed by atoms with Gasteiger partial charge in [0.25, 0.3) is 0 Å². The van der Waals surface area contributed by atoms with Crippen LogP contribution in [0.5, 0.6) is 0 Å². The van der Waals surface area contributed by atoms with Crippen LogP contribution in [0, 0.1) is 17.2 Å². The molecule has 1 aliphatic heterocycles. The van der Waals surface area contributed by atoms with Gasteiger partial charge in [-0.25, -0.2) is 0 Å². The van der Waals surface area contributed by atoms with Gasteiger partial charge in [0, 0.05) is 17.9 Å². The highest BCUT2D eigenvalue weighted by molar-refractivity contribution is 7.99. The summed E-state index contributed by atoms with van der Waals surface area (Å²) >= 11 is 2.04. The molecule has 0 bridgehead atoms. The van der Waals surface area contributed by atoms with E-state index in [-0.39, 0.29) is 0 Å². The molecule has 2 rings (SSSR count). The molecule has 0 radical (unpaired) electrons. The second kappa shape index (κ2) is 5.83. The predicted octanol–water partition coefficient (Wildman–Crippen LogP) is 2.70. The lowest BCUT2D eigenvalue weighted by Crippen LogP contribution is -2.19. The van der Waals surface area contributed by atoms with Crippen molar-refractivity contribution in [3.63, 3.8) is 0 Å². The molecular formula is C13H17N3S. The predicted molar refractivity (Wildman–Crippen MR) is 74.1 cm³/mol. The summed E-state index contributed by atoms with van der Waals surface area (Å²) in [6.07, 6.45) is 2.58. The fourth-order valence-electron chi connectivity index (χ4n) is 1.98. The Labute approximate surface area is 106 Å². The molecule has 1 saturated heterocycles. The molecule has 0 aromatic heterocycles. The van der Waals surface area contributed by atoms with E-state index >= 15 is 0 Å². The molecular weight excluding hydrogens is 230 g/mol. The number of anilines is 2. The number of rotatable bonds is 3. The molecule has 0 aliphatic carbocycles. The quantitative estimate of drug-likeness (QED) is 0.806. The zero-order valence-corrected chi connectivity index (χ0v) is 10.6. The third-order valence-corrected chi connectivity index (χ3v) is 4.16. The number of nitrogen functional groups attached to an aromatic ring is 1. The van der Waals surface area contributed by atoms with E-state index in [1.807, 2.05) is 23.9 Å². The van der Waals surface area contributed by atoms with Crippen LogP contribution in [0.15, 0.2) is 18.2 Å². The maximum absolute atomic E-state index is 8.90. The van der Waals surface area contributed by atoms with Gasteiger partial charge in [-0.2, -0.15) is 17.0 Å².